The molecular formula is C15H20N2O. The van der Waals surface area contributed by atoms with Gasteiger partial charge in [0.1, 0.15) is 0 Å². The molecule has 0 saturated carbocycles. The Morgan fingerprint density at radius 2 is 2.00 bits per heavy atom. The summed E-state index contributed by atoms with van der Waals surface area (Å²) >= 11 is 0. The van der Waals surface area contributed by atoms with Crippen molar-refractivity contribution in [1.29, 1.82) is 5.26 Å². The summed E-state index contributed by atoms with van der Waals surface area (Å²) in [6, 6.07) is 9.67. The number of nitrogens with zero attached hydrogens (tertiary/aromatic N) is 2. The van der Waals surface area contributed by atoms with Crippen molar-refractivity contribution in [3.63, 3.8) is 0 Å². The lowest BCUT2D eigenvalue weighted by molar-refractivity contribution is 0.0871. The van der Waals surface area contributed by atoms with E-state index in [1.807, 2.05) is 43.1 Å². The van der Waals surface area contributed by atoms with Crippen LogP contribution in [0.4, 0.5) is 0 Å². The van der Waals surface area contributed by atoms with Gasteiger partial charge in [-0.2, -0.15) is 5.26 Å². The largest absolute Gasteiger partial charge is 0.296 e. The maximum absolute atomic E-state index is 12.2. The zero-order valence-corrected chi connectivity index (χ0v) is 11.3. The van der Waals surface area contributed by atoms with E-state index in [9.17, 15) is 4.79 Å². The third kappa shape index (κ3) is 3.68. The highest BCUT2D eigenvalue weighted by Crippen LogP contribution is 2.10. The van der Waals surface area contributed by atoms with Crippen LogP contribution in [0, 0.1) is 11.3 Å². The molecule has 18 heavy (non-hydrogen) atoms. The molecule has 0 aliphatic heterocycles. The quantitative estimate of drug-likeness (QED) is 0.723. The van der Waals surface area contributed by atoms with Crippen molar-refractivity contribution in [2.24, 2.45) is 0 Å². The molecule has 3 heteroatoms. The van der Waals surface area contributed by atoms with Crippen LogP contribution in [-0.2, 0) is 6.42 Å². The van der Waals surface area contributed by atoms with E-state index in [1.54, 1.807) is 0 Å². The number of carbonyl (C=O) groups excluding carboxylic acids is 1. The first-order chi connectivity index (χ1) is 8.60. The molecule has 0 aromatic heterocycles. The zero-order chi connectivity index (χ0) is 13.5. The second-order valence-corrected chi connectivity index (χ2v) is 4.48. The Balaban J connectivity index is 2.70. The molecule has 0 aliphatic rings. The number of hydrogen-bond donors (Lipinski definition) is 0. The summed E-state index contributed by atoms with van der Waals surface area (Å²) in [5, 5.41) is 8.55. The van der Waals surface area contributed by atoms with Crippen LogP contribution >= 0.6 is 0 Å². The number of aryl methyl sites for hydroxylation is 1. The number of ketones is 1. The highest BCUT2D eigenvalue weighted by Gasteiger charge is 2.18. The molecule has 0 heterocycles. The number of hydrogen-bond acceptors (Lipinski definition) is 3. The predicted octanol–water partition coefficient (Wildman–Crippen LogP) is 2.67. The fourth-order valence-electron chi connectivity index (χ4n) is 1.77. The van der Waals surface area contributed by atoms with Crippen LogP contribution in [0.1, 0.15) is 36.2 Å². The summed E-state index contributed by atoms with van der Waals surface area (Å²) in [4.78, 5) is 14.1. The van der Waals surface area contributed by atoms with Crippen molar-refractivity contribution < 1.29 is 4.79 Å². The lowest BCUT2D eigenvalue weighted by Gasteiger charge is -2.22. The van der Waals surface area contributed by atoms with Crippen LogP contribution in [0.15, 0.2) is 24.3 Å². The lowest BCUT2D eigenvalue weighted by atomic mass is 10.0. The van der Waals surface area contributed by atoms with Crippen molar-refractivity contribution >= 4 is 5.78 Å². The summed E-state index contributed by atoms with van der Waals surface area (Å²) in [6.07, 6.45) is 1.43. The van der Waals surface area contributed by atoms with E-state index in [4.69, 9.17) is 5.26 Å². The van der Waals surface area contributed by atoms with E-state index in [0.717, 1.165) is 12.0 Å². The van der Waals surface area contributed by atoms with Crippen LogP contribution in [0.5, 0.6) is 0 Å². The highest BCUT2D eigenvalue weighted by molar-refractivity contribution is 5.99. The minimum atomic E-state index is -0.189. The van der Waals surface area contributed by atoms with Gasteiger partial charge in [-0.15, -0.1) is 0 Å². The summed E-state index contributed by atoms with van der Waals surface area (Å²) in [7, 11) is 1.88. The maximum Gasteiger partial charge on any atom is 0.179 e. The fourth-order valence-corrected chi connectivity index (χ4v) is 1.77. The monoisotopic (exact) mass is 244 g/mol. The summed E-state index contributed by atoms with van der Waals surface area (Å²) < 4.78 is 0. The normalized spacial score (nSPS) is 12.2. The van der Waals surface area contributed by atoms with E-state index >= 15 is 0 Å². The summed E-state index contributed by atoms with van der Waals surface area (Å²) in [5.74, 6) is 0.109. The van der Waals surface area contributed by atoms with Crippen molar-refractivity contribution in [2.45, 2.75) is 32.7 Å². The molecule has 0 bridgehead atoms. The van der Waals surface area contributed by atoms with Crippen LogP contribution in [0.25, 0.3) is 0 Å². The second-order valence-electron chi connectivity index (χ2n) is 4.48. The Hall–Kier alpha value is -1.66. The Labute approximate surface area is 109 Å². The average Bonchev–Trinajstić information content (AvgIpc) is 2.43. The van der Waals surface area contributed by atoms with Gasteiger partial charge in [0.05, 0.1) is 12.1 Å². The molecule has 1 unspecified atom stereocenters. The van der Waals surface area contributed by atoms with E-state index < -0.39 is 0 Å². The standard InChI is InChI=1S/C15H20N2O/c1-4-13-6-8-14(9-7-13)15(18)12(2)17(3)11-5-10-16/h6-9,12H,4-5,11H2,1-3H3. The summed E-state index contributed by atoms with van der Waals surface area (Å²) in [5.41, 5.74) is 1.97. The molecule has 0 N–H and O–H groups in total. The Morgan fingerprint density at radius 3 is 2.50 bits per heavy atom. The van der Waals surface area contributed by atoms with Gasteiger partial charge in [-0.1, -0.05) is 31.2 Å². The molecule has 1 aromatic rings. The molecule has 1 rings (SSSR count). The number of benzene rings is 1. The predicted molar refractivity (Wildman–Crippen MR) is 72.5 cm³/mol. The van der Waals surface area contributed by atoms with E-state index in [2.05, 4.69) is 13.0 Å². The molecule has 0 fully saturated rings. The van der Waals surface area contributed by atoms with Crippen LogP contribution < -0.4 is 0 Å². The molecule has 1 aromatic carbocycles. The third-order valence-electron chi connectivity index (χ3n) is 3.26. The van der Waals surface area contributed by atoms with Crippen LogP contribution in [-0.4, -0.2) is 30.3 Å². The highest BCUT2D eigenvalue weighted by atomic mass is 16.1. The Kier molecular flexibility index (Phi) is 5.54. The first-order valence-electron chi connectivity index (χ1n) is 6.30. The van der Waals surface area contributed by atoms with Crippen molar-refractivity contribution in [3.8, 4) is 6.07 Å². The molecule has 0 aliphatic carbocycles. The minimum absolute atomic E-state index is 0.109. The zero-order valence-electron chi connectivity index (χ0n) is 11.3. The topological polar surface area (TPSA) is 44.1 Å². The molecule has 1 atom stereocenters. The maximum atomic E-state index is 12.2. The van der Waals surface area contributed by atoms with Gasteiger partial charge in [0, 0.05) is 18.5 Å². The van der Waals surface area contributed by atoms with E-state index in [0.29, 0.717) is 13.0 Å². The second kappa shape index (κ2) is 6.93. The van der Waals surface area contributed by atoms with Crippen molar-refractivity contribution in [2.75, 3.05) is 13.6 Å². The lowest BCUT2D eigenvalue weighted by Crippen LogP contribution is -2.36. The first kappa shape index (κ1) is 14.4. The molecule has 0 spiro atoms. The van der Waals surface area contributed by atoms with Gasteiger partial charge in [0.25, 0.3) is 0 Å². The van der Waals surface area contributed by atoms with Gasteiger partial charge < -0.3 is 0 Å². The minimum Gasteiger partial charge on any atom is -0.296 e. The van der Waals surface area contributed by atoms with Crippen molar-refractivity contribution in [1.82, 2.24) is 4.90 Å². The van der Waals surface area contributed by atoms with E-state index in [-0.39, 0.29) is 11.8 Å². The van der Waals surface area contributed by atoms with Gasteiger partial charge in [-0.25, -0.2) is 0 Å². The fraction of sp³-hybridized carbons (Fsp3) is 0.467. The molecule has 0 radical (unpaired) electrons. The van der Waals surface area contributed by atoms with Gasteiger partial charge in [-0.05, 0) is 26.0 Å². The first-order valence-corrected chi connectivity index (χ1v) is 6.30. The number of nitriles is 1. The Bertz CT molecular complexity index is 431. The van der Waals surface area contributed by atoms with E-state index in [1.165, 1.54) is 5.56 Å². The van der Waals surface area contributed by atoms with Gasteiger partial charge in [-0.3, -0.25) is 9.69 Å². The molecular weight excluding hydrogens is 224 g/mol. The molecule has 0 amide bonds. The van der Waals surface area contributed by atoms with Gasteiger partial charge in [0.2, 0.25) is 0 Å². The smallest absolute Gasteiger partial charge is 0.179 e. The van der Waals surface area contributed by atoms with Crippen molar-refractivity contribution in [3.05, 3.63) is 35.4 Å². The number of rotatable bonds is 6. The Morgan fingerprint density at radius 1 is 1.39 bits per heavy atom. The van der Waals surface area contributed by atoms with Gasteiger partial charge >= 0.3 is 0 Å². The van der Waals surface area contributed by atoms with Crippen LogP contribution in [0.2, 0.25) is 0 Å². The van der Waals surface area contributed by atoms with Gasteiger partial charge in [0.15, 0.2) is 5.78 Å². The molecule has 96 valence electrons. The number of carbonyl (C=O) groups is 1. The molecule has 0 saturated heterocycles. The molecule has 3 nitrogen and oxygen atoms in total. The number of Topliss-reactive ketones (excluding diaryl/α,β-unsaturated/α-hetero) is 1. The SMILES string of the molecule is CCc1ccc(C(=O)C(C)N(C)CCC#N)cc1. The van der Waals surface area contributed by atoms with Crippen LogP contribution in [0.3, 0.4) is 0 Å². The summed E-state index contributed by atoms with van der Waals surface area (Å²) in [6.45, 7) is 4.60. The third-order valence-corrected chi connectivity index (χ3v) is 3.26. The number of likely N-dealkylation sites (N-methyl/N-ethyl adjacent to an activating group) is 1. The average molecular weight is 244 g/mol.